The van der Waals surface area contributed by atoms with Gasteiger partial charge >= 0.3 is 0 Å². The molecule has 0 atom stereocenters. The first kappa shape index (κ1) is 16.4. The van der Waals surface area contributed by atoms with Crippen LogP contribution in [-0.4, -0.2) is 22.2 Å². The smallest absolute Gasteiger partial charge is 0.187 e. The average molecular weight is 424 g/mol. The second-order valence-electron chi connectivity index (χ2n) is 6.10. The Hall–Kier alpha value is -0.470. The van der Waals surface area contributed by atoms with Crippen LogP contribution in [0.3, 0.4) is 0 Å². The number of alkyl halides is 1. The predicted molar refractivity (Wildman–Crippen MR) is 85.9 cm³/mol. The molecule has 1 aromatic carbocycles. The molecule has 3 rings (SSSR count). The van der Waals surface area contributed by atoms with Gasteiger partial charge in [-0.25, -0.2) is 8.78 Å². The molecule has 0 spiro atoms. The van der Waals surface area contributed by atoms with Crippen LogP contribution in [0.25, 0.3) is 0 Å². The SMILES string of the molecule is Oc1c(F)cc(C2OCC(C3CCC(I)CC3)CO2)cc1F. The Morgan fingerprint density at radius 1 is 0.955 bits per heavy atom. The van der Waals surface area contributed by atoms with Gasteiger partial charge in [0.25, 0.3) is 0 Å². The average Bonchev–Trinajstić information content (AvgIpc) is 2.53. The molecule has 2 fully saturated rings. The maximum atomic E-state index is 13.4. The van der Waals surface area contributed by atoms with Crippen LogP contribution in [0, 0.1) is 23.5 Å². The van der Waals surface area contributed by atoms with Crippen LogP contribution in [0.5, 0.6) is 5.75 Å². The van der Waals surface area contributed by atoms with Gasteiger partial charge in [-0.3, -0.25) is 0 Å². The number of halogens is 3. The Morgan fingerprint density at radius 3 is 2.05 bits per heavy atom. The highest BCUT2D eigenvalue weighted by Crippen LogP contribution is 2.37. The standard InChI is InChI=1S/C16H19F2IO3/c17-13-5-10(6-14(18)15(13)20)16-21-7-11(8-22-16)9-1-3-12(19)4-2-9/h5-6,9,11-12,16,20H,1-4,7-8H2. The summed E-state index contributed by atoms with van der Waals surface area (Å²) < 4.78 is 38.9. The fourth-order valence-corrected chi connectivity index (χ4v) is 3.97. The van der Waals surface area contributed by atoms with Crippen molar-refractivity contribution in [1.82, 2.24) is 0 Å². The number of benzene rings is 1. The maximum absolute atomic E-state index is 13.4. The predicted octanol–water partition coefficient (Wildman–Crippen LogP) is 4.33. The summed E-state index contributed by atoms with van der Waals surface area (Å²) in [5.74, 6) is -1.99. The maximum Gasteiger partial charge on any atom is 0.187 e. The number of aromatic hydroxyl groups is 1. The van der Waals surface area contributed by atoms with E-state index >= 15 is 0 Å². The molecular weight excluding hydrogens is 405 g/mol. The van der Waals surface area contributed by atoms with Gasteiger partial charge in [0.2, 0.25) is 0 Å². The first-order valence-corrected chi connectivity index (χ1v) is 8.84. The number of rotatable bonds is 2. The molecule has 1 aliphatic carbocycles. The number of phenolic OH excluding ortho intramolecular Hbond substituents is 1. The van der Waals surface area contributed by atoms with E-state index in [0.717, 1.165) is 16.1 Å². The summed E-state index contributed by atoms with van der Waals surface area (Å²) in [5, 5.41) is 9.13. The van der Waals surface area contributed by atoms with Gasteiger partial charge in [0.05, 0.1) is 13.2 Å². The minimum Gasteiger partial charge on any atom is -0.503 e. The lowest BCUT2D eigenvalue weighted by atomic mass is 9.80. The van der Waals surface area contributed by atoms with Crippen LogP contribution < -0.4 is 0 Å². The van der Waals surface area contributed by atoms with E-state index in [4.69, 9.17) is 14.6 Å². The number of phenols is 1. The van der Waals surface area contributed by atoms with Crippen LogP contribution in [-0.2, 0) is 9.47 Å². The molecule has 2 aliphatic rings. The van der Waals surface area contributed by atoms with Gasteiger partial charge in [0.15, 0.2) is 23.7 Å². The van der Waals surface area contributed by atoms with Crippen LogP contribution in [0.2, 0.25) is 0 Å². The molecule has 1 aliphatic heterocycles. The number of ether oxygens (including phenoxy) is 2. The minimum atomic E-state index is -0.996. The highest BCUT2D eigenvalue weighted by Gasteiger charge is 2.32. The van der Waals surface area contributed by atoms with Crippen molar-refractivity contribution in [2.45, 2.75) is 35.9 Å². The molecule has 0 unspecified atom stereocenters. The monoisotopic (exact) mass is 424 g/mol. The molecule has 0 amide bonds. The second-order valence-corrected chi connectivity index (χ2v) is 7.87. The Morgan fingerprint density at radius 2 is 1.50 bits per heavy atom. The van der Waals surface area contributed by atoms with Gasteiger partial charge in [0.1, 0.15) is 0 Å². The van der Waals surface area contributed by atoms with Crippen molar-refractivity contribution in [3.8, 4) is 5.75 Å². The Kier molecular flexibility index (Phi) is 5.19. The van der Waals surface area contributed by atoms with Crippen LogP contribution in [0.4, 0.5) is 8.78 Å². The van der Waals surface area contributed by atoms with Gasteiger partial charge in [0, 0.05) is 15.4 Å². The third-order valence-corrected chi connectivity index (χ3v) is 5.85. The van der Waals surface area contributed by atoms with Crippen LogP contribution in [0.15, 0.2) is 12.1 Å². The fraction of sp³-hybridized carbons (Fsp3) is 0.625. The summed E-state index contributed by atoms with van der Waals surface area (Å²) in [6.07, 6.45) is 4.09. The summed E-state index contributed by atoms with van der Waals surface area (Å²) in [5.41, 5.74) is 0.266. The normalized spacial score (nSPS) is 32.9. The molecule has 0 radical (unpaired) electrons. The molecule has 0 bridgehead atoms. The third-order valence-electron chi connectivity index (χ3n) is 4.60. The van der Waals surface area contributed by atoms with Gasteiger partial charge in [-0.15, -0.1) is 0 Å². The molecule has 0 aromatic heterocycles. The first-order valence-electron chi connectivity index (χ1n) is 7.59. The number of hydrogen-bond donors (Lipinski definition) is 1. The van der Waals surface area contributed by atoms with Crippen molar-refractivity contribution >= 4 is 22.6 Å². The molecule has 1 heterocycles. The van der Waals surface area contributed by atoms with Gasteiger partial charge in [-0.1, -0.05) is 22.6 Å². The minimum absolute atomic E-state index is 0.266. The highest BCUT2D eigenvalue weighted by molar-refractivity contribution is 14.1. The summed E-state index contributed by atoms with van der Waals surface area (Å²) in [6.45, 7) is 1.09. The van der Waals surface area contributed by atoms with E-state index < -0.39 is 23.7 Å². The Bertz CT molecular complexity index is 501. The molecule has 3 nitrogen and oxygen atoms in total. The van der Waals surface area contributed by atoms with E-state index in [0.29, 0.717) is 25.0 Å². The summed E-state index contributed by atoms with van der Waals surface area (Å²) >= 11 is 2.50. The second kappa shape index (κ2) is 6.97. The van der Waals surface area contributed by atoms with E-state index in [1.807, 2.05) is 0 Å². The molecule has 6 heteroatoms. The molecule has 1 aromatic rings. The van der Waals surface area contributed by atoms with Crippen LogP contribution in [0.1, 0.15) is 37.5 Å². The van der Waals surface area contributed by atoms with Crippen LogP contribution >= 0.6 is 22.6 Å². The van der Waals surface area contributed by atoms with Crippen molar-refractivity contribution in [1.29, 1.82) is 0 Å². The van der Waals surface area contributed by atoms with E-state index in [1.54, 1.807) is 0 Å². The summed E-state index contributed by atoms with van der Waals surface area (Å²) in [6, 6.07) is 2.12. The third kappa shape index (κ3) is 3.54. The fourth-order valence-electron chi connectivity index (χ4n) is 3.25. The van der Waals surface area contributed by atoms with Gasteiger partial charge in [-0.05, 0) is 43.7 Å². The zero-order valence-corrected chi connectivity index (χ0v) is 14.3. The van der Waals surface area contributed by atoms with Crippen molar-refractivity contribution in [3.63, 3.8) is 0 Å². The van der Waals surface area contributed by atoms with E-state index in [-0.39, 0.29) is 5.56 Å². The molecule has 1 saturated heterocycles. The lowest BCUT2D eigenvalue weighted by Gasteiger charge is -2.37. The van der Waals surface area contributed by atoms with E-state index in [9.17, 15) is 8.78 Å². The molecular formula is C16H19F2IO3. The molecule has 22 heavy (non-hydrogen) atoms. The number of hydrogen-bond acceptors (Lipinski definition) is 3. The lowest BCUT2D eigenvalue weighted by Crippen LogP contribution is -2.34. The van der Waals surface area contributed by atoms with Crippen molar-refractivity contribution in [2.75, 3.05) is 13.2 Å². The topological polar surface area (TPSA) is 38.7 Å². The largest absolute Gasteiger partial charge is 0.503 e. The molecule has 1 N–H and O–H groups in total. The van der Waals surface area contributed by atoms with Gasteiger partial charge < -0.3 is 14.6 Å². The summed E-state index contributed by atoms with van der Waals surface area (Å²) in [4.78, 5) is 0. The zero-order chi connectivity index (χ0) is 15.7. The highest BCUT2D eigenvalue weighted by atomic mass is 127. The first-order chi connectivity index (χ1) is 10.5. The van der Waals surface area contributed by atoms with Crippen molar-refractivity contribution in [2.24, 2.45) is 11.8 Å². The quantitative estimate of drug-likeness (QED) is 0.568. The van der Waals surface area contributed by atoms with E-state index in [2.05, 4.69) is 22.6 Å². The van der Waals surface area contributed by atoms with Crippen molar-refractivity contribution < 1.29 is 23.4 Å². The molecule has 122 valence electrons. The zero-order valence-electron chi connectivity index (χ0n) is 12.1. The molecule has 1 saturated carbocycles. The Labute approximate surface area is 142 Å². The Balaban J connectivity index is 1.60. The summed E-state index contributed by atoms with van der Waals surface area (Å²) in [7, 11) is 0. The van der Waals surface area contributed by atoms with Gasteiger partial charge in [-0.2, -0.15) is 0 Å². The van der Waals surface area contributed by atoms with Crippen molar-refractivity contribution in [3.05, 3.63) is 29.3 Å². The van der Waals surface area contributed by atoms with E-state index in [1.165, 1.54) is 25.7 Å². The lowest BCUT2D eigenvalue weighted by molar-refractivity contribution is -0.214.